The minimum atomic E-state index is -1.35. The van der Waals surface area contributed by atoms with Crippen LogP contribution in [0, 0.1) is 5.92 Å². The Morgan fingerprint density at radius 2 is 1.90 bits per heavy atom. The summed E-state index contributed by atoms with van der Waals surface area (Å²) >= 11 is 0. The van der Waals surface area contributed by atoms with Gasteiger partial charge in [0.1, 0.15) is 5.54 Å². The summed E-state index contributed by atoms with van der Waals surface area (Å²) in [6.07, 6.45) is 5.01. The van der Waals surface area contributed by atoms with E-state index < -0.39 is 18.6 Å². The van der Waals surface area contributed by atoms with Crippen LogP contribution in [-0.2, 0) is 11.3 Å². The minimum Gasteiger partial charge on any atom is -0.480 e. The number of nitrogens with one attached hydrogen (secondary N) is 1. The van der Waals surface area contributed by atoms with E-state index in [-0.39, 0.29) is 18.3 Å². The summed E-state index contributed by atoms with van der Waals surface area (Å²) in [6, 6.07) is 14.3. The lowest BCUT2D eigenvalue weighted by Crippen LogP contribution is -2.61. The number of benzene rings is 1. The summed E-state index contributed by atoms with van der Waals surface area (Å²) in [4.78, 5) is 16.3. The first kappa shape index (κ1) is 22.4. The molecule has 0 bridgehead atoms. The molecular formula is C22H30BN3O4. The van der Waals surface area contributed by atoms with Gasteiger partial charge in [0.25, 0.3) is 0 Å². The molecule has 1 aliphatic carbocycles. The van der Waals surface area contributed by atoms with Gasteiger partial charge in [-0.1, -0.05) is 49.2 Å². The third-order valence-corrected chi connectivity index (χ3v) is 6.06. The van der Waals surface area contributed by atoms with Gasteiger partial charge >= 0.3 is 13.1 Å². The molecule has 1 fully saturated rings. The molecule has 0 spiro atoms. The van der Waals surface area contributed by atoms with Crippen LogP contribution in [0.15, 0.2) is 48.7 Å². The summed E-state index contributed by atoms with van der Waals surface area (Å²) in [6.45, 7) is 0.679. The number of pyridine rings is 1. The number of aromatic nitrogens is 1. The summed E-state index contributed by atoms with van der Waals surface area (Å²) in [5.74, 6) is -1.05. The molecule has 1 saturated carbocycles. The molecule has 30 heavy (non-hydrogen) atoms. The van der Waals surface area contributed by atoms with E-state index in [2.05, 4.69) is 16.4 Å². The topological polar surface area (TPSA) is 129 Å². The average Bonchev–Trinajstić information content (AvgIpc) is 2.71. The van der Waals surface area contributed by atoms with E-state index in [1.165, 1.54) is 0 Å². The zero-order valence-electron chi connectivity index (χ0n) is 17.1. The highest BCUT2D eigenvalue weighted by Gasteiger charge is 2.48. The van der Waals surface area contributed by atoms with Gasteiger partial charge in [-0.2, -0.15) is 0 Å². The van der Waals surface area contributed by atoms with Gasteiger partial charge in [0.2, 0.25) is 0 Å². The Morgan fingerprint density at radius 3 is 2.50 bits per heavy atom. The van der Waals surface area contributed by atoms with Gasteiger partial charge in [-0.25, -0.2) is 0 Å². The normalized spacial score (nSPS) is 20.2. The summed E-state index contributed by atoms with van der Waals surface area (Å²) < 4.78 is 0. The maximum atomic E-state index is 11.8. The predicted octanol–water partition coefficient (Wildman–Crippen LogP) is 2.04. The molecule has 3 rings (SSSR count). The van der Waals surface area contributed by atoms with E-state index in [0.29, 0.717) is 25.8 Å². The Bertz CT molecular complexity index is 813. The molecule has 8 heteroatoms. The Labute approximate surface area is 177 Å². The Kier molecular flexibility index (Phi) is 7.61. The standard InChI is InChI=1S/C22H30BN3O4/c24-22(21(27)28,10-4-5-11-23(29)30)18-12-19(13-18)25-14-16-8-9-20(26-15-16)17-6-2-1-3-7-17/h1-3,6-9,15,18-19,25,29-30H,4-5,10-14,24H2,(H,27,28)/t18?,19?,22-/m0/s1. The largest absolute Gasteiger partial charge is 0.480 e. The predicted molar refractivity (Wildman–Crippen MR) is 116 cm³/mol. The Morgan fingerprint density at radius 1 is 1.17 bits per heavy atom. The van der Waals surface area contributed by atoms with Crippen LogP contribution in [0.1, 0.15) is 37.7 Å². The molecule has 1 atom stereocenters. The van der Waals surface area contributed by atoms with Gasteiger partial charge in [0.05, 0.1) is 5.69 Å². The lowest BCUT2D eigenvalue weighted by molar-refractivity contribution is -0.148. The fourth-order valence-electron chi connectivity index (χ4n) is 4.01. The van der Waals surface area contributed by atoms with Crippen LogP contribution in [0.5, 0.6) is 0 Å². The van der Waals surface area contributed by atoms with Crippen LogP contribution in [-0.4, -0.2) is 44.8 Å². The molecule has 6 N–H and O–H groups in total. The molecule has 1 aromatic heterocycles. The molecule has 2 aromatic rings. The van der Waals surface area contributed by atoms with E-state index >= 15 is 0 Å². The maximum absolute atomic E-state index is 11.8. The summed E-state index contributed by atoms with van der Waals surface area (Å²) in [5, 5.41) is 30.9. The van der Waals surface area contributed by atoms with Crippen molar-refractivity contribution >= 4 is 13.1 Å². The first-order valence-electron chi connectivity index (χ1n) is 10.5. The van der Waals surface area contributed by atoms with E-state index in [0.717, 1.165) is 29.7 Å². The number of carbonyl (C=O) groups is 1. The molecule has 0 amide bonds. The zero-order valence-corrected chi connectivity index (χ0v) is 17.1. The number of nitrogens with zero attached hydrogens (tertiary/aromatic N) is 1. The molecule has 0 unspecified atom stereocenters. The van der Waals surface area contributed by atoms with Crippen molar-refractivity contribution in [3.05, 3.63) is 54.2 Å². The molecule has 160 valence electrons. The average molecular weight is 411 g/mol. The van der Waals surface area contributed by atoms with Crippen LogP contribution >= 0.6 is 0 Å². The highest BCUT2D eigenvalue weighted by molar-refractivity contribution is 6.40. The summed E-state index contributed by atoms with van der Waals surface area (Å²) in [7, 11) is -1.35. The number of carboxylic acids is 1. The quantitative estimate of drug-likeness (QED) is 0.283. The maximum Gasteiger partial charge on any atom is 0.451 e. The van der Waals surface area contributed by atoms with E-state index in [4.69, 9.17) is 15.8 Å². The SMILES string of the molecule is N[C@](CCCCB(O)O)(C(=O)O)C1CC(NCc2ccc(-c3ccccc3)nc2)C1. The molecule has 1 aromatic carbocycles. The van der Waals surface area contributed by atoms with Gasteiger partial charge in [0, 0.05) is 24.3 Å². The van der Waals surface area contributed by atoms with Gasteiger partial charge in [-0.3, -0.25) is 9.78 Å². The molecular weight excluding hydrogens is 381 g/mol. The Balaban J connectivity index is 1.45. The van der Waals surface area contributed by atoms with Crippen molar-refractivity contribution in [2.24, 2.45) is 11.7 Å². The van der Waals surface area contributed by atoms with Crippen molar-refractivity contribution in [3.63, 3.8) is 0 Å². The molecule has 1 heterocycles. The first-order valence-corrected chi connectivity index (χ1v) is 10.5. The Hall–Kier alpha value is -2.26. The van der Waals surface area contributed by atoms with Crippen molar-refractivity contribution in [1.82, 2.24) is 10.3 Å². The lowest BCUT2D eigenvalue weighted by atomic mass is 9.66. The second kappa shape index (κ2) is 10.2. The van der Waals surface area contributed by atoms with Crippen molar-refractivity contribution < 1.29 is 19.9 Å². The van der Waals surface area contributed by atoms with Crippen molar-refractivity contribution in [3.8, 4) is 11.3 Å². The molecule has 0 aliphatic heterocycles. The molecule has 0 saturated heterocycles. The number of unbranched alkanes of at least 4 members (excludes halogenated alkanes) is 1. The highest BCUT2D eigenvalue weighted by atomic mass is 16.4. The van der Waals surface area contributed by atoms with Crippen molar-refractivity contribution in [2.75, 3.05) is 0 Å². The fraction of sp³-hybridized carbons (Fsp3) is 0.455. The number of hydrogen-bond acceptors (Lipinski definition) is 6. The third-order valence-electron chi connectivity index (χ3n) is 6.06. The number of nitrogens with two attached hydrogens (primary N) is 1. The minimum absolute atomic E-state index is 0.0786. The highest BCUT2D eigenvalue weighted by Crippen LogP contribution is 2.38. The van der Waals surface area contributed by atoms with Crippen LogP contribution in [0.4, 0.5) is 0 Å². The number of rotatable bonds is 11. The van der Waals surface area contributed by atoms with Crippen LogP contribution in [0.3, 0.4) is 0 Å². The second-order valence-corrected chi connectivity index (χ2v) is 8.24. The number of hydrogen-bond donors (Lipinski definition) is 5. The van der Waals surface area contributed by atoms with E-state index in [9.17, 15) is 9.90 Å². The van der Waals surface area contributed by atoms with Crippen molar-refractivity contribution in [1.29, 1.82) is 0 Å². The third kappa shape index (κ3) is 5.67. The van der Waals surface area contributed by atoms with E-state index in [1.54, 1.807) is 0 Å². The van der Waals surface area contributed by atoms with Gasteiger partial charge in [-0.15, -0.1) is 0 Å². The second-order valence-electron chi connectivity index (χ2n) is 8.24. The van der Waals surface area contributed by atoms with Gasteiger partial charge in [-0.05, 0) is 43.1 Å². The molecule has 7 nitrogen and oxygen atoms in total. The summed E-state index contributed by atoms with van der Waals surface area (Å²) in [5.41, 5.74) is 8.09. The van der Waals surface area contributed by atoms with Crippen LogP contribution < -0.4 is 11.1 Å². The molecule has 1 aliphatic rings. The fourth-order valence-corrected chi connectivity index (χ4v) is 4.01. The smallest absolute Gasteiger partial charge is 0.451 e. The van der Waals surface area contributed by atoms with Crippen molar-refractivity contribution in [2.45, 2.75) is 56.5 Å². The van der Waals surface area contributed by atoms with Gasteiger partial charge in [0.15, 0.2) is 0 Å². The van der Waals surface area contributed by atoms with Crippen LogP contribution in [0.2, 0.25) is 6.32 Å². The number of carboxylic acid groups (broad SMARTS) is 1. The first-order chi connectivity index (χ1) is 14.4. The lowest BCUT2D eigenvalue weighted by Gasteiger charge is -2.45. The van der Waals surface area contributed by atoms with Gasteiger partial charge < -0.3 is 26.2 Å². The zero-order chi connectivity index (χ0) is 21.6. The van der Waals surface area contributed by atoms with Crippen LogP contribution in [0.25, 0.3) is 11.3 Å². The monoisotopic (exact) mass is 411 g/mol. The van der Waals surface area contributed by atoms with E-state index in [1.807, 2.05) is 42.6 Å². The number of aliphatic carboxylic acids is 1. The molecule has 0 radical (unpaired) electrons.